The third kappa shape index (κ3) is 5.59. The van der Waals surface area contributed by atoms with Crippen LogP contribution in [0.2, 0.25) is 15.1 Å². The molecule has 0 saturated heterocycles. The lowest BCUT2D eigenvalue weighted by atomic mass is 9.81. The van der Waals surface area contributed by atoms with Crippen molar-refractivity contribution in [2.24, 2.45) is 5.14 Å². The Morgan fingerprint density at radius 2 is 1.64 bits per heavy atom. The largest absolute Gasteiger partial charge is 0.291 e. The van der Waals surface area contributed by atoms with E-state index in [0.717, 1.165) is 11.3 Å². The average Bonchev–Trinajstić information content (AvgIpc) is 3.25. The fourth-order valence-electron chi connectivity index (χ4n) is 3.73. The molecule has 0 aliphatic carbocycles. The summed E-state index contributed by atoms with van der Waals surface area (Å²) in [4.78, 5) is 4.63. The van der Waals surface area contributed by atoms with E-state index in [4.69, 9.17) is 39.9 Å². The van der Waals surface area contributed by atoms with Crippen LogP contribution in [0.1, 0.15) is 30.7 Å². The second-order valence-electron chi connectivity index (χ2n) is 8.58. The van der Waals surface area contributed by atoms with Gasteiger partial charge >= 0.3 is 0 Å². The number of primary sulfonamides is 1. The molecule has 4 aromatic rings. The topological polar surface area (TPSA) is 78.0 Å². The van der Waals surface area contributed by atoms with Gasteiger partial charge in [0, 0.05) is 21.9 Å². The second-order valence-corrected chi connectivity index (χ2v) is 12.3. The third-order valence-electron chi connectivity index (χ3n) is 5.80. The van der Waals surface area contributed by atoms with Gasteiger partial charge in [-0.3, -0.25) is 4.57 Å². The minimum absolute atomic E-state index is 0.0224. The van der Waals surface area contributed by atoms with Crippen LogP contribution in [0.15, 0.2) is 76.9 Å². The Bertz CT molecular complexity index is 1540. The lowest BCUT2D eigenvalue weighted by molar-refractivity contribution is 0.591. The number of rotatable bonds is 7. The Morgan fingerprint density at radius 1 is 0.972 bits per heavy atom. The molecule has 0 fully saturated rings. The van der Waals surface area contributed by atoms with Crippen LogP contribution in [-0.2, 0) is 21.2 Å². The Balaban J connectivity index is 1.78. The van der Waals surface area contributed by atoms with Gasteiger partial charge in [-0.1, -0.05) is 66.5 Å². The number of benzene rings is 3. The number of imidazole rings is 1. The summed E-state index contributed by atoms with van der Waals surface area (Å²) >= 11 is 20.1. The molecule has 1 aromatic heterocycles. The van der Waals surface area contributed by atoms with Gasteiger partial charge in [0.15, 0.2) is 5.16 Å². The van der Waals surface area contributed by atoms with E-state index in [1.807, 2.05) is 30.5 Å². The molecular formula is C25H21Cl3FN3O2S2. The highest BCUT2D eigenvalue weighted by molar-refractivity contribution is 7.98. The van der Waals surface area contributed by atoms with E-state index in [2.05, 4.69) is 4.98 Å². The Labute approximate surface area is 228 Å². The smallest absolute Gasteiger partial charge is 0.238 e. The van der Waals surface area contributed by atoms with Crippen molar-refractivity contribution >= 4 is 56.6 Å². The molecule has 0 radical (unpaired) electrons. The molecule has 0 amide bonds. The number of nitrogens with zero attached hydrogens (tertiary/aromatic N) is 2. The van der Waals surface area contributed by atoms with Crippen LogP contribution in [0.25, 0.3) is 5.69 Å². The second kappa shape index (κ2) is 10.4. The van der Waals surface area contributed by atoms with Crippen molar-refractivity contribution in [3.63, 3.8) is 0 Å². The summed E-state index contributed by atoms with van der Waals surface area (Å²) in [6.45, 7) is 4.06. The summed E-state index contributed by atoms with van der Waals surface area (Å²) in [7, 11) is -3.88. The quantitative estimate of drug-likeness (QED) is 0.232. The molecule has 11 heteroatoms. The third-order valence-corrected chi connectivity index (χ3v) is 8.82. The monoisotopic (exact) mass is 583 g/mol. The summed E-state index contributed by atoms with van der Waals surface area (Å²) < 4.78 is 39.2. The highest BCUT2D eigenvalue weighted by Gasteiger charge is 2.30. The minimum Gasteiger partial charge on any atom is -0.291 e. The highest BCUT2D eigenvalue weighted by atomic mass is 35.5. The van der Waals surface area contributed by atoms with Crippen molar-refractivity contribution in [3.05, 3.63) is 105 Å². The number of halogens is 4. The zero-order valence-corrected chi connectivity index (χ0v) is 23.1. The molecule has 1 heterocycles. The maximum Gasteiger partial charge on any atom is 0.238 e. The van der Waals surface area contributed by atoms with E-state index in [9.17, 15) is 12.8 Å². The van der Waals surface area contributed by atoms with Crippen molar-refractivity contribution in [2.45, 2.75) is 35.1 Å². The Morgan fingerprint density at radius 3 is 2.28 bits per heavy atom. The van der Waals surface area contributed by atoms with Crippen molar-refractivity contribution in [1.29, 1.82) is 0 Å². The highest BCUT2D eigenvalue weighted by Crippen LogP contribution is 2.39. The first-order valence-corrected chi connectivity index (χ1v) is 14.3. The normalized spacial score (nSPS) is 12.2. The number of aromatic nitrogens is 2. The SMILES string of the molecule is CC(C)(c1ccc(Cl)c(Cl)c1)c1cnc(SCc2cc(S(N)(=O)=O)ccc2Cl)n1-c1ccc(F)cc1. The Hall–Kier alpha value is -2.07. The van der Waals surface area contributed by atoms with Crippen LogP contribution in [0.4, 0.5) is 4.39 Å². The molecule has 36 heavy (non-hydrogen) atoms. The van der Waals surface area contributed by atoms with E-state index in [1.165, 1.54) is 42.1 Å². The molecule has 0 spiro atoms. The molecule has 188 valence electrons. The number of sulfonamides is 1. The van der Waals surface area contributed by atoms with Gasteiger partial charge in [-0.2, -0.15) is 0 Å². The first kappa shape index (κ1) is 27.0. The zero-order chi connectivity index (χ0) is 26.3. The van der Waals surface area contributed by atoms with Gasteiger partial charge in [0.05, 0.1) is 26.8 Å². The maximum atomic E-state index is 13.7. The van der Waals surface area contributed by atoms with Crippen LogP contribution in [0.5, 0.6) is 0 Å². The van der Waals surface area contributed by atoms with Gasteiger partial charge in [-0.05, 0) is 65.7 Å². The van der Waals surface area contributed by atoms with Crippen LogP contribution in [0, 0.1) is 5.82 Å². The standard InChI is InChI=1S/C25H21Cl3FN3O2S2/c1-25(2,16-3-9-21(27)22(28)12-16)23-13-31-24(32(23)18-6-4-17(29)5-7-18)35-14-15-11-19(36(30,33)34)8-10-20(15)26/h3-13H,14H2,1-2H3,(H2,30,33,34). The fourth-order valence-corrected chi connectivity index (χ4v) is 5.84. The predicted molar refractivity (Wildman–Crippen MR) is 144 cm³/mol. The molecule has 0 bridgehead atoms. The van der Waals surface area contributed by atoms with Gasteiger partial charge in [-0.15, -0.1) is 0 Å². The van der Waals surface area contributed by atoms with Crippen LogP contribution < -0.4 is 5.14 Å². The van der Waals surface area contributed by atoms with Gasteiger partial charge in [0.2, 0.25) is 10.0 Å². The van der Waals surface area contributed by atoms with E-state index >= 15 is 0 Å². The number of thioether (sulfide) groups is 1. The molecule has 0 unspecified atom stereocenters. The van der Waals surface area contributed by atoms with E-state index in [-0.39, 0.29) is 10.7 Å². The first-order chi connectivity index (χ1) is 16.9. The minimum atomic E-state index is -3.88. The van der Waals surface area contributed by atoms with Crippen LogP contribution in [0.3, 0.4) is 0 Å². The summed E-state index contributed by atoms with van der Waals surface area (Å²) in [5.74, 6) is -0.0301. The zero-order valence-electron chi connectivity index (χ0n) is 19.2. The lowest BCUT2D eigenvalue weighted by Crippen LogP contribution is -2.23. The molecule has 0 saturated carbocycles. The van der Waals surface area contributed by atoms with Crippen LogP contribution >= 0.6 is 46.6 Å². The number of hydrogen-bond donors (Lipinski definition) is 1. The van der Waals surface area contributed by atoms with Crippen LogP contribution in [-0.4, -0.2) is 18.0 Å². The molecule has 0 atom stereocenters. The molecule has 0 aliphatic rings. The summed E-state index contributed by atoms with van der Waals surface area (Å²) in [6.07, 6.45) is 1.76. The lowest BCUT2D eigenvalue weighted by Gasteiger charge is -2.28. The molecule has 2 N–H and O–H groups in total. The molecule has 4 rings (SSSR count). The number of nitrogens with two attached hydrogens (primary N) is 1. The van der Waals surface area contributed by atoms with Gasteiger partial charge in [0.1, 0.15) is 5.82 Å². The van der Waals surface area contributed by atoms with Crippen molar-refractivity contribution in [3.8, 4) is 5.69 Å². The first-order valence-electron chi connectivity index (χ1n) is 10.6. The fraction of sp³-hybridized carbons (Fsp3) is 0.160. The molecular weight excluding hydrogens is 564 g/mol. The van der Waals surface area contributed by atoms with Gasteiger partial charge < -0.3 is 0 Å². The Kier molecular flexibility index (Phi) is 7.76. The predicted octanol–water partition coefficient (Wildman–Crippen LogP) is 7.24. The summed E-state index contributed by atoms with van der Waals surface area (Å²) in [5.41, 5.74) is 2.50. The van der Waals surface area contributed by atoms with Crippen molar-refractivity contribution in [2.75, 3.05) is 0 Å². The maximum absolute atomic E-state index is 13.7. The van der Waals surface area contributed by atoms with E-state index < -0.39 is 15.4 Å². The number of hydrogen-bond acceptors (Lipinski definition) is 4. The molecule has 0 aliphatic heterocycles. The average molecular weight is 585 g/mol. The van der Waals surface area contributed by atoms with Crippen molar-refractivity contribution in [1.82, 2.24) is 9.55 Å². The van der Waals surface area contributed by atoms with Gasteiger partial charge in [-0.25, -0.2) is 22.9 Å². The molecule has 5 nitrogen and oxygen atoms in total. The van der Waals surface area contributed by atoms with Gasteiger partial charge in [0.25, 0.3) is 0 Å². The van der Waals surface area contributed by atoms with Crippen molar-refractivity contribution < 1.29 is 12.8 Å². The van der Waals surface area contributed by atoms with E-state index in [1.54, 1.807) is 24.4 Å². The summed E-state index contributed by atoms with van der Waals surface area (Å²) in [5, 5.41) is 7.20. The van der Waals surface area contributed by atoms with E-state index in [0.29, 0.717) is 37.2 Å². The molecule has 3 aromatic carbocycles. The summed E-state index contributed by atoms with van der Waals surface area (Å²) in [6, 6.07) is 15.9.